The molecular weight excluding hydrogens is 574 g/mol. The van der Waals surface area contributed by atoms with E-state index in [0.717, 1.165) is 74.9 Å². The molecule has 0 spiro atoms. The minimum Gasteiger partial charge on any atom is -0.384 e. The largest absolute Gasteiger partial charge is 0.416 e. The summed E-state index contributed by atoms with van der Waals surface area (Å²) in [7, 11) is -4.00. The molecule has 1 aliphatic heterocycles. The molecule has 1 fully saturated rings. The summed E-state index contributed by atoms with van der Waals surface area (Å²) < 4.78 is 65.8. The van der Waals surface area contributed by atoms with Crippen molar-refractivity contribution in [2.24, 2.45) is 0 Å². The number of anilines is 1. The van der Waals surface area contributed by atoms with E-state index in [9.17, 15) is 21.6 Å². The van der Waals surface area contributed by atoms with Crippen LogP contribution >= 0.6 is 23.2 Å². The van der Waals surface area contributed by atoms with E-state index in [1.807, 2.05) is 24.3 Å². The van der Waals surface area contributed by atoms with Crippen molar-refractivity contribution in [3.05, 3.63) is 64.3 Å². The quantitative estimate of drug-likeness (QED) is 0.288. The van der Waals surface area contributed by atoms with Crippen LogP contribution < -0.4 is 10.0 Å². The van der Waals surface area contributed by atoms with E-state index >= 15 is 0 Å². The Hall–Kier alpha value is -2.15. The Morgan fingerprint density at radius 1 is 0.897 bits per heavy atom. The van der Waals surface area contributed by atoms with Crippen molar-refractivity contribution in [3.8, 4) is 0 Å². The number of nitrogens with zero attached hydrogens (tertiary/aromatic N) is 3. The van der Waals surface area contributed by atoms with Crippen molar-refractivity contribution in [3.63, 3.8) is 0 Å². The molecule has 4 rings (SSSR count). The predicted octanol–water partition coefficient (Wildman–Crippen LogP) is 5.35. The summed E-state index contributed by atoms with van der Waals surface area (Å²) in [6.07, 6.45) is -1.25. The summed E-state index contributed by atoms with van der Waals surface area (Å²) in [5.41, 5.74) is 0.910. The second-order valence-corrected chi connectivity index (χ2v) is 12.0. The number of sulfonamides is 1. The van der Waals surface area contributed by atoms with Gasteiger partial charge >= 0.3 is 6.18 Å². The van der Waals surface area contributed by atoms with Gasteiger partial charge in [0.2, 0.25) is 10.0 Å². The van der Waals surface area contributed by atoms with Crippen molar-refractivity contribution < 1.29 is 21.6 Å². The molecule has 1 saturated heterocycles. The Bertz CT molecular complexity index is 1380. The maximum atomic E-state index is 12.8. The first-order valence-corrected chi connectivity index (χ1v) is 14.9. The molecule has 2 heterocycles. The monoisotopic (exact) mass is 603 g/mol. The molecule has 1 aromatic heterocycles. The van der Waals surface area contributed by atoms with Crippen molar-refractivity contribution >= 4 is 49.8 Å². The molecule has 0 atom stereocenters. The molecule has 0 amide bonds. The third-order valence-electron chi connectivity index (χ3n) is 6.63. The lowest BCUT2D eigenvalue weighted by molar-refractivity contribution is -0.137. The molecule has 0 radical (unpaired) electrons. The first kappa shape index (κ1) is 29.8. The lowest BCUT2D eigenvalue weighted by Crippen LogP contribution is -2.47. The van der Waals surface area contributed by atoms with Gasteiger partial charge in [0.1, 0.15) is 4.90 Å². The Morgan fingerprint density at radius 3 is 2.21 bits per heavy atom. The van der Waals surface area contributed by atoms with Gasteiger partial charge in [-0.15, -0.1) is 0 Å². The number of fused-ring (bicyclic) bond motifs is 1. The Kier molecular flexibility index (Phi) is 9.95. The molecule has 0 aliphatic carbocycles. The zero-order chi connectivity index (χ0) is 28.0. The smallest absolute Gasteiger partial charge is 0.384 e. The number of alkyl halides is 3. The maximum Gasteiger partial charge on any atom is 0.416 e. The van der Waals surface area contributed by atoms with Crippen LogP contribution in [0, 0.1) is 0 Å². The van der Waals surface area contributed by atoms with Gasteiger partial charge in [-0.2, -0.15) is 13.2 Å². The van der Waals surface area contributed by atoms with Crippen molar-refractivity contribution in [1.29, 1.82) is 0 Å². The summed E-state index contributed by atoms with van der Waals surface area (Å²) in [4.78, 5) is 8.70. The average molecular weight is 605 g/mol. The standard InChI is InChI=1S/C26H30Cl2F3N5O2S/c27-20-4-5-21-23(7-10-33-24(21)18-20)32-8-1-11-35-13-15-36(16-14-35)12-2-9-34-39(37,38)25-6-3-19(17-22(25)28)26(29,30)31/h3-7,10,17-18,34H,1-2,8-9,11-16H2,(H,32,33). The summed E-state index contributed by atoms with van der Waals surface area (Å²) in [6.45, 7) is 6.35. The third-order valence-corrected chi connectivity index (χ3v) is 8.81. The van der Waals surface area contributed by atoms with E-state index in [4.69, 9.17) is 23.2 Å². The molecule has 212 valence electrons. The number of piperazine rings is 1. The second kappa shape index (κ2) is 13.0. The van der Waals surface area contributed by atoms with E-state index in [0.29, 0.717) is 23.6 Å². The molecule has 7 nitrogen and oxygen atoms in total. The summed E-state index contributed by atoms with van der Waals surface area (Å²) in [5.74, 6) is 0. The van der Waals surface area contributed by atoms with E-state index in [1.165, 1.54) is 0 Å². The molecule has 13 heteroatoms. The van der Waals surface area contributed by atoms with Gasteiger partial charge in [-0.05, 0) is 68.4 Å². The van der Waals surface area contributed by atoms with Crippen LogP contribution in [0.3, 0.4) is 0 Å². The zero-order valence-corrected chi connectivity index (χ0v) is 23.5. The highest BCUT2D eigenvalue weighted by Gasteiger charge is 2.32. The molecule has 2 N–H and O–H groups in total. The van der Waals surface area contributed by atoms with E-state index in [1.54, 1.807) is 6.20 Å². The highest BCUT2D eigenvalue weighted by atomic mass is 35.5. The van der Waals surface area contributed by atoms with Crippen LogP contribution in [0.1, 0.15) is 18.4 Å². The van der Waals surface area contributed by atoms with Crippen molar-refractivity contribution in [2.45, 2.75) is 23.9 Å². The number of benzene rings is 2. The molecule has 3 aromatic rings. The summed E-state index contributed by atoms with van der Waals surface area (Å²) in [6, 6.07) is 9.88. The van der Waals surface area contributed by atoms with Gasteiger partial charge in [0.05, 0.1) is 16.1 Å². The minimum atomic E-state index is -4.59. The molecule has 1 aliphatic rings. The topological polar surface area (TPSA) is 77.6 Å². The van der Waals surface area contributed by atoms with Crippen LogP contribution in [0.15, 0.2) is 53.6 Å². The summed E-state index contributed by atoms with van der Waals surface area (Å²) in [5, 5.41) is 4.74. The lowest BCUT2D eigenvalue weighted by atomic mass is 10.2. The SMILES string of the molecule is O=S(=O)(NCCCN1CCN(CCCNc2ccnc3cc(Cl)ccc23)CC1)c1ccc(C(F)(F)F)cc1Cl. The number of halogens is 5. The number of hydrogen-bond donors (Lipinski definition) is 2. The number of hydrogen-bond acceptors (Lipinski definition) is 6. The third kappa shape index (κ3) is 8.18. The fourth-order valence-corrected chi connectivity index (χ4v) is 6.30. The average Bonchev–Trinajstić information content (AvgIpc) is 2.89. The van der Waals surface area contributed by atoms with Crippen LogP contribution in [0.2, 0.25) is 10.0 Å². The fraction of sp³-hybridized carbons (Fsp3) is 0.423. The normalized spacial score (nSPS) is 15.6. The molecule has 0 saturated carbocycles. The highest BCUT2D eigenvalue weighted by Crippen LogP contribution is 2.33. The molecule has 0 unspecified atom stereocenters. The van der Waals surface area contributed by atoms with Crippen LogP contribution in [-0.4, -0.2) is 75.6 Å². The first-order chi connectivity index (χ1) is 18.5. The van der Waals surface area contributed by atoms with Gasteiger partial charge in [0.25, 0.3) is 0 Å². The van der Waals surface area contributed by atoms with Crippen molar-refractivity contribution in [1.82, 2.24) is 19.5 Å². The van der Waals surface area contributed by atoms with E-state index in [2.05, 4.69) is 24.8 Å². The maximum absolute atomic E-state index is 12.8. The molecule has 0 bridgehead atoms. The molecular formula is C26H30Cl2F3N5O2S. The van der Waals surface area contributed by atoms with Crippen molar-refractivity contribution in [2.75, 3.05) is 57.7 Å². The highest BCUT2D eigenvalue weighted by molar-refractivity contribution is 7.89. The fourth-order valence-electron chi connectivity index (χ4n) is 4.52. The zero-order valence-electron chi connectivity index (χ0n) is 21.1. The van der Waals surface area contributed by atoms with E-state index < -0.39 is 26.8 Å². The van der Waals surface area contributed by atoms with Gasteiger partial charge < -0.3 is 15.1 Å². The number of pyridine rings is 1. The number of aromatic nitrogens is 1. The number of rotatable bonds is 11. The Morgan fingerprint density at radius 2 is 1.56 bits per heavy atom. The van der Waals surface area contributed by atoms with Crippen LogP contribution in [0.5, 0.6) is 0 Å². The van der Waals surface area contributed by atoms with E-state index in [-0.39, 0.29) is 11.4 Å². The van der Waals surface area contributed by atoms with Crippen LogP contribution in [0.4, 0.5) is 18.9 Å². The molecule has 2 aromatic carbocycles. The predicted molar refractivity (Wildman–Crippen MR) is 149 cm³/mol. The Balaban J connectivity index is 1.13. The molecule has 39 heavy (non-hydrogen) atoms. The lowest BCUT2D eigenvalue weighted by Gasteiger charge is -2.34. The number of nitrogens with one attached hydrogen (secondary N) is 2. The van der Waals surface area contributed by atoms with Gasteiger partial charge in [-0.25, -0.2) is 13.1 Å². The van der Waals surface area contributed by atoms with Gasteiger partial charge in [-0.3, -0.25) is 4.98 Å². The van der Waals surface area contributed by atoms with Gasteiger partial charge in [0, 0.05) is 61.6 Å². The first-order valence-electron chi connectivity index (χ1n) is 12.6. The van der Waals surface area contributed by atoms with Gasteiger partial charge in [0.15, 0.2) is 0 Å². The van der Waals surface area contributed by atoms with Crippen LogP contribution in [0.25, 0.3) is 10.9 Å². The Labute approximate surface area is 236 Å². The summed E-state index contributed by atoms with van der Waals surface area (Å²) >= 11 is 11.9. The van der Waals surface area contributed by atoms with Gasteiger partial charge in [-0.1, -0.05) is 23.2 Å². The van der Waals surface area contributed by atoms with Crippen LogP contribution in [-0.2, 0) is 16.2 Å². The second-order valence-electron chi connectivity index (χ2n) is 9.38. The minimum absolute atomic E-state index is 0.168.